The second-order valence-electron chi connectivity index (χ2n) is 6.12. The Morgan fingerprint density at radius 2 is 1.96 bits per heavy atom. The van der Waals surface area contributed by atoms with Crippen LogP contribution in [0.1, 0.15) is 16.8 Å². The molecule has 2 heterocycles. The summed E-state index contributed by atoms with van der Waals surface area (Å²) in [5.41, 5.74) is 2.62. The number of amides is 1. The number of thioether (sulfide) groups is 1. The molecule has 0 unspecified atom stereocenters. The number of nitrogens with zero attached hydrogens (tertiary/aromatic N) is 3. The first-order chi connectivity index (χ1) is 12.6. The zero-order valence-electron chi connectivity index (χ0n) is 14.7. The van der Waals surface area contributed by atoms with Crippen molar-refractivity contribution >= 4 is 50.3 Å². The Hall–Kier alpha value is -2.01. The monoisotopic (exact) mass is 422 g/mol. The van der Waals surface area contributed by atoms with E-state index in [2.05, 4.69) is 5.10 Å². The second kappa shape index (κ2) is 7.55. The summed E-state index contributed by atoms with van der Waals surface area (Å²) in [6.45, 7) is 2.31. The van der Waals surface area contributed by atoms with Crippen LogP contribution >= 0.6 is 24.0 Å². The Morgan fingerprint density at radius 3 is 2.52 bits per heavy atom. The van der Waals surface area contributed by atoms with Crippen LogP contribution in [0.5, 0.6) is 0 Å². The number of aryl methyl sites for hydroxylation is 2. The Kier molecular flexibility index (Phi) is 5.52. The Bertz CT molecular complexity index is 1040. The van der Waals surface area contributed by atoms with E-state index < -0.39 is 10.0 Å². The molecule has 2 aromatic rings. The average molecular weight is 423 g/mol. The third-order valence-electron chi connectivity index (χ3n) is 4.09. The van der Waals surface area contributed by atoms with Crippen LogP contribution in [-0.4, -0.2) is 39.9 Å². The van der Waals surface area contributed by atoms with Crippen molar-refractivity contribution in [1.82, 2.24) is 14.7 Å². The van der Waals surface area contributed by atoms with E-state index in [9.17, 15) is 13.2 Å². The van der Waals surface area contributed by atoms with Gasteiger partial charge in [0.05, 0.1) is 15.5 Å². The standard InChI is InChI=1S/C17H18N4O3S3/c1-11-13(10-20(2)19-11)9-15-16(22)21(17(25)26-15)8-7-12-3-5-14(6-4-12)27(18,23)24/h3-6,9-10H,7-8H2,1-2H3,(H2,18,23,24)/b15-9+. The highest BCUT2D eigenvalue weighted by atomic mass is 32.2. The van der Waals surface area contributed by atoms with Crippen molar-refractivity contribution in [3.8, 4) is 0 Å². The van der Waals surface area contributed by atoms with E-state index in [1.807, 2.05) is 26.2 Å². The van der Waals surface area contributed by atoms with Crippen LogP contribution < -0.4 is 5.14 Å². The van der Waals surface area contributed by atoms with Crippen molar-refractivity contribution in [2.75, 3.05) is 6.54 Å². The SMILES string of the molecule is Cc1nn(C)cc1/C=C1/SC(=S)N(CCc2ccc(S(N)(=O)=O)cc2)C1=O. The molecule has 1 aromatic carbocycles. The summed E-state index contributed by atoms with van der Waals surface area (Å²) in [7, 11) is -1.88. The number of nitrogens with two attached hydrogens (primary N) is 1. The van der Waals surface area contributed by atoms with Crippen molar-refractivity contribution in [2.24, 2.45) is 12.2 Å². The van der Waals surface area contributed by atoms with Gasteiger partial charge in [-0.25, -0.2) is 13.6 Å². The summed E-state index contributed by atoms with van der Waals surface area (Å²) in [5.74, 6) is -0.130. The number of carbonyl (C=O) groups excluding carboxylic acids is 1. The third-order valence-corrected chi connectivity index (χ3v) is 6.39. The molecule has 1 aliphatic rings. The molecule has 1 aromatic heterocycles. The Balaban J connectivity index is 1.70. The van der Waals surface area contributed by atoms with Crippen LogP contribution in [0.2, 0.25) is 0 Å². The summed E-state index contributed by atoms with van der Waals surface area (Å²) in [6.07, 6.45) is 4.22. The molecule has 10 heteroatoms. The molecular weight excluding hydrogens is 404 g/mol. The predicted octanol–water partition coefficient (Wildman–Crippen LogP) is 1.82. The molecule has 0 saturated carbocycles. The smallest absolute Gasteiger partial charge is 0.266 e. The van der Waals surface area contributed by atoms with E-state index in [1.54, 1.807) is 21.7 Å². The number of aromatic nitrogens is 2. The van der Waals surface area contributed by atoms with Crippen LogP contribution in [-0.2, 0) is 28.3 Å². The number of benzene rings is 1. The molecule has 7 nitrogen and oxygen atoms in total. The molecule has 0 atom stereocenters. The maximum atomic E-state index is 12.7. The molecule has 2 N–H and O–H groups in total. The van der Waals surface area contributed by atoms with Crippen molar-refractivity contribution in [1.29, 1.82) is 0 Å². The van der Waals surface area contributed by atoms with Crippen LogP contribution in [0.25, 0.3) is 6.08 Å². The molecular formula is C17H18N4O3S3. The topological polar surface area (TPSA) is 98.3 Å². The molecule has 0 spiro atoms. The molecule has 1 fully saturated rings. The molecule has 1 amide bonds. The van der Waals surface area contributed by atoms with Gasteiger partial charge < -0.3 is 0 Å². The van der Waals surface area contributed by atoms with E-state index in [0.29, 0.717) is 22.2 Å². The van der Waals surface area contributed by atoms with Gasteiger partial charge in [-0.2, -0.15) is 5.10 Å². The number of carbonyl (C=O) groups is 1. The molecule has 1 aliphatic heterocycles. The summed E-state index contributed by atoms with van der Waals surface area (Å²) in [4.78, 5) is 14.9. The van der Waals surface area contributed by atoms with Crippen molar-refractivity contribution in [3.63, 3.8) is 0 Å². The van der Waals surface area contributed by atoms with Crippen molar-refractivity contribution in [3.05, 3.63) is 52.2 Å². The lowest BCUT2D eigenvalue weighted by atomic mass is 10.1. The molecule has 142 valence electrons. The van der Waals surface area contributed by atoms with E-state index in [4.69, 9.17) is 17.4 Å². The highest BCUT2D eigenvalue weighted by Gasteiger charge is 2.31. The number of sulfonamides is 1. The van der Waals surface area contributed by atoms with E-state index >= 15 is 0 Å². The lowest BCUT2D eigenvalue weighted by molar-refractivity contribution is -0.122. The number of primary sulfonamides is 1. The number of thiocarbonyl (C=S) groups is 1. The van der Waals surface area contributed by atoms with Crippen molar-refractivity contribution in [2.45, 2.75) is 18.2 Å². The summed E-state index contributed by atoms with van der Waals surface area (Å²) in [6, 6.07) is 6.29. The maximum Gasteiger partial charge on any atom is 0.266 e. The minimum absolute atomic E-state index is 0.0617. The summed E-state index contributed by atoms with van der Waals surface area (Å²) >= 11 is 6.62. The van der Waals surface area contributed by atoms with Crippen molar-refractivity contribution < 1.29 is 13.2 Å². The number of hydrogen-bond acceptors (Lipinski definition) is 6. The minimum Gasteiger partial charge on any atom is -0.293 e. The maximum absolute atomic E-state index is 12.7. The quantitative estimate of drug-likeness (QED) is 0.583. The lowest BCUT2D eigenvalue weighted by Crippen LogP contribution is -2.30. The molecule has 1 saturated heterocycles. The first kappa shape index (κ1) is 19.7. The third kappa shape index (κ3) is 4.46. The predicted molar refractivity (Wildman–Crippen MR) is 109 cm³/mol. The van der Waals surface area contributed by atoms with Gasteiger partial charge in [-0.1, -0.05) is 36.1 Å². The molecule has 27 heavy (non-hydrogen) atoms. The fourth-order valence-electron chi connectivity index (χ4n) is 2.68. The number of rotatable bonds is 5. The largest absolute Gasteiger partial charge is 0.293 e. The van der Waals surface area contributed by atoms with E-state index in [-0.39, 0.29) is 10.8 Å². The summed E-state index contributed by atoms with van der Waals surface area (Å²) in [5, 5.41) is 9.36. The highest BCUT2D eigenvalue weighted by Crippen LogP contribution is 2.33. The van der Waals surface area contributed by atoms with Gasteiger partial charge >= 0.3 is 0 Å². The average Bonchev–Trinajstić information content (AvgIpc) is 3.04. The molecule has 0 aliphatic carbocycles. The van der Waals surface area contributed by atoms with Gasteiger partial charge in [-0.15, -0.1) is 0 Å². The number of hydrogen-bond donors (Lipinski definition) is 1. The van der Waals surface area contributed by atoms with Gasteiger partial charge in [0.15, 0.2) is 0 Å². The van der Waals surface area contributed by atoms with E-state index in [0.717, 1.165) is 16.8 Å². The van der Waals surface area contributed by atoms with Crippen LogP contribution in [0.4, 0.5) is 0 Å². The van der Waals surface area contributed by atoms with Gasteiger partial charge in [0.1, 0.15) is 4.32 Å². The Morgan fingerprint density at radius 1 is 1.30 bits per heavy atom. The Labute approximate surface area is 167 Å². The molecule has 0 bridgehead atoms. The summed E-state index contributed by atoms with van der Waals surface area (Å²) < 4.78 is 24.8. The lowest BCUT2D eigenvalue weighted by Gasteiger charge is -2.14. The zero-order chi connectivity index (χ0) is 19.8. The minimum atomic E-state index is -3.71. The fraction of sp³-hybridized carbons (Fsp3) is 0.235. The van der Waals surface area contributed by atoms with Gasteiger partial charge in [0.25, 0.3) is 5.91 Å². The van der Waals surface area contributed by atoms with Crippen LogP contribution in [0.15, 0.2) is 40.3 Å². The van der Waals surface area contributed by atoms with Gasteiger partial charge in [-0.05, 0) is 37.1 Å². The first-order valence-electron chi connectivity index (χ1n) is 8.02. The van der Waals surface area contributed by atoms with Crippen LogP contribution in [0.3, 0.4) is 0 Å². The normalized spacial score (nSPS) is 16.6. The fourth-order valence-corrected chi connectivity index (χ4v) is 4.50. The van der Waals surface area contributed by atoms with Gasteiger partial charge in [0, 0.05) is 25.4 Å². The van der Waals surface area contributed by atoms with Crippen LogP contribution in [0, 0.1) is 6.92 Å². The second-order valence-corrected chi connectivity index (χ2v) is 9.35. The highest BCUT2D eigenvalue weighted by molar-refractivity contribution is 8.26. The first-order valence-corrected chi connectivity index (χ1v) is 10.8. The van der Waals surface area contributed by atoms with Gasteiger partial charge in [0.2, 0.25) is 10.0 Å². The zero-order valence-corrected chi connectivity index (χ0v) is 17.2. The molecule has 0 radical (unpaired) electrons. The van der Waals surface area contributed by atoms with E-state index in [1.165, 1.54) is 23.9 Å². The molecule has 3 rings (SSSR count). The van der Waals surface area contributed by atoms with Gasteiger partial charge in [-0.3, -0.25) is 14.4 Å².